The highest BCUT2D eigenvalue weighted by molar-refractivity contribution is 5.98. The number of para-hydroxylation sites is 1. The minimum atomic E-state index is 0.709. The molecule has 20 heavy (non-hydrogen) atoms. The lowest BCUT2D eigenvalue weighted by molar-refractivity contribution is 0.427. The van der Waals surface area contributed by atoms with Crippen LogP contribution in [0.5, 0.6) is 0 Å². The Labute approximate surface area is 116 Å². The van der Waals surface area contributed by atoms with E-state index < -0.39 is 0 Å². The van der Waals surface area contributed by atoms with Gasteiger partial charge in [-0.15, -0.1) is 0 Å². The minimum Gasteiger partial charge on any atom is -0.212 e. The lowest BCUT2D eigenvalue weighted by Gasteiger charge is -2.23. The number of nitrogens with zero attached hydrogens (tertiary/aromatic N) is 5. The number of aliphatic imine (C=N–C) groups is 1. The van der Waals surface area contributed by atoms with Crippen molar-refractivity contribution in [2.75, 3.05) is 5.01 Å². The fraction of sp³-hybridized carbons (Fsp3) is 0.133. The number of hydrogen-bond acceptors (Lipinski definition) is 5. The average molecular weight is 263 g/mol. The third-order valence-electron chi connectivity index (χ3n) is 3.47. The van der Waals surface area contributed by atoms with Crippen molar-refractivity contribution in [3.63, 3.8) is 0 Å². The van der Waals surface area contributed by atoms with Gasteiger partial charge in [-0.05, 0) is 41.1 Å². The second-order valence-corrected chi connectivity index (χ2v) is 4.92. The topological polar surface area (TPSA) is 43.6 Å². The summed E-state index contributed by atoms with van der Waals surface area (Å²) in [6, 6.07) is 16.3. The van der Waals surface area contributed by atoms with Gasteiger partial charge in [0.2, 0.25) is 0 Å². The van der Waals surface area contributed by atoms with Crippen molar-refractivity contribution in [2.45, 2.75) is 13.5 Å². The van der Waals surface area contributed by atoms with Crippen LogP contribution < -0.4 is 5.01 Å². The van der Waals surface area contributed by atoms with Crippen molar-refractivity contribution in [3.8, 4) is 0 Å². The number of fused-ring (bicyclic) bond motifs is 2. The molecule has 0 aliphatic carbocycles. The second-order valence-electron chi connectivity index (χ2n) is 4.92. The molecule has 2 aromatic rings. The van der Waals surface area contributed by atoms with Crippen LogP contribution in [0, 0.1) is 6.92 Å². The summed E-state index contributed by atoms with van der Waals surface area (Å²) in [5.74, 6) is 0.757. The van der Waals surface area contributed by atoms with Crippen LogP contribution >= 0.6 is 0 Å². The summed E-state index contributed by atoms with van der Waals surface area (Å²) in [4.78, 5) is 4.67. The van der Waals surface area contributed by atoms with E-state index in [1.807, 2.05) is 35.3 Å². The first kappa shape index (κ1) is 11.2. The molecule has 2 heterocycles. The van der Waals surface area contributed by atoms with Crippen molar-refractivity contribution in [1.29, 1.82) is 0 Å². The van der Waals surface area contributed by atoms with Crippen LogP contribution in [0.25, 0.3) is 0 Å². The molecule has 0 N–H and O–H groups in total. The molecule has 0 saturated carbocycles. The number of rotatable bonds is 1. The summed E-state index contributed by atoms with van der Waals surface area (Å²) in [5, 5.41) is 12.0. The average Bonchev–Trinajstić information content (AvgIpc) is 2.88. The van der Waals surface area contributed by atoms with Crippen molar-refractivity contribution in [1.82, 2.24) is 5.01 Å². The summed E-state index contributed by atoms with van der Waals surface area (Å²) in [7, 11) is 0. The predicted octanol–water partition coefficient (Wildman–Crippen LogP) is 3.60. The molecule has 0 amide bonds. The first-order chi connectivity index (χ1) is 9.81. The van der Waals surface area contributed by atoms with Crippen molar-refractivity contribution in [2.24, 2.45) is 15.4 Å². The quantitative estimate of drug-likeness (QED) is 0.789. The standard InChI is InChI=1S/C15H13N5/c1-11-6-8-13(9-7-11)20-15-16-14-5-3-2-4-12(14)10-19(15)17-18-20/h2-9H,10H2,1H3. The van der Waals surface area contributed by atoms with Gasteiger partial charge in [0, 0.05) is 0 Å². The zero-order chi connectivity index (χ0) is 13.5. The van der Waals surface area contributed by atoms with Gasteiger partial charge in [-0.2, -0.15) is 5.01 Å². The molecule has 2 aliphatic heterocycles. The molecule has 0 unspecified atom stereocenters. The van der Waals surface area contributed by atoms with E-state index in [9.17, 15) is 0 Å². The van der Waals surface area contributed by atoms with Crippen LogP contribution in [-0.2, 0) is 6.54 Å². The Bertz CT molecular complexity index is 717. The summed E-state index contributed by atoms with van der Waals surface area (Å²) >= 11 is 0. The number of aryl methyl sites for hydroxylation is 1. The fourth-order valence-electron chi connectivity index (χ4n) is 2.36. The molecule has 4 rings (SSSR count). The highest BCUT2D eigenvalue weighted by Gasteiger charge is 2.30. The Balaban J connectivity index is 1.76. The molecule has 0 saturated heterocycles. The van der Waals surface area contributed by atoms with Gasteiger partial charge in [0.05, 0.1) is 17.9 Å². The predicted molar refractivity (Wildman–Crippen MR) is 77.6 cm³/mol. The van der Waals surface area contributed by atoms with Gasteiger partial charge in [0.15, 0.2) is 0 Å². The van der Waals surface area contributed by atoms with Gasteiger partial charge in [-0.25, -0.2) is 10.0 Å². The lowest BCUT2D eigenvalue weighted by atomic mass is 10.1. The molecule has 5 heteroatoms. The number of benzene rings is 2. The molecule has 0 radical (unpaired) electrons. The van der Waals surface area contributed by atoms with Gasteiger partial charge in [0.1, 0.15) is 0 Å². The fourth-order valence-corrected chi connectivity index (χ4v) is 2.36. The summed E-state index contributed by atoms with van der Waals surface area (Å²) in [6.45, 7) is 2.77. The normalized spacial score (nSPS) is 15.9. The Morgan fingerprint density at radius 2 is 1.75 bits per heavy atom. The van der Waals surface area contributed by atoms with Gasteiger partial charge < -0.3 is 0 Å². The molecule has 2 aliphatic rings. The largest absolute Gasteiger partial charge is 0.251 e. The van der Waals surface area contributed by atoms with E-state index in [4.69, 9.17) is 0 Å². The van der Waals surface area contributed by atoms with Gasteiger partial charge in [-0.1, -0.05) is 35.9 Å². The monoisotopic (exact) mass is 263 g/mol. The van der Waals surface area contributed by atoms with Crippen molar-refractivity contribution >= 4 is 17.3 Å². The zero-order valence-electron chi connectivity index (χ0n) is 11.1. The molecule has 0 fully saturated rings. The van der Waals surface area contributed by atoms with Crippen LogP contribution in [0.3, 0.4) is 0 Å². The van der Waals surface area contributed by atoms with Crippen LogP contribution in [-0.4, -0.2) is 11.0 Å². The smallest absolute Gasteiger partial charge is 0.212 e. The van der Waals surface area contributed by atoms with E-state index in [1.165, 1.54) is 11.1 Å². The third-order valence-corrected chi connectivity index (χ3v) is 3.47. The molecule has 0 atom stereocenters. The number of hydrogen-bond donors (Lipinski definition) is 0. The Morgan fingerprint density at radius 3 is 2.60 bits per heavy atom. The molecule has 0 aromatic heterocycles. The first-order valence-electron chi connectivity index (χ1n) is 6.54. The van der Waals surface area contributed by atoms with E-state index in [0.717, 1.165) is 17.3 Å². The van der Waals surface area contributed by atoms with Crippen LogP contribution in [0.15, 0.2) is 64.0 Å². The third kappa shape index (κ3) is 1.67. The first-order valence-corrected chi connectivity index (χ1v) is 6.54. The van der Waals surface area contributed by atoms with E-state index in [-0.39, 0.29) is 0 Å². The van der Waals surface area contributed by atoms with Crippen molar-refractivity contribution in [3.05, 3.63) is 59.7 Å². The zero-order valence-corrected chi connectivity index (χ0v) is 11.1. The Morgan fingerprint density at radius 1 is 0.950 bits per heavy atom. The maximum Gasteiger partial charge on any atom is 0.251 e. The van der Waals surface area contributed by atoms with E-state index >= 15 is 0 Å². The van der Waals surface area contributed by atoms with Gasteiger partial charge >= 0.3 is 0 Å². The number of guanidine groups is 1. The summed E-state index contributed by atoms with van der Waals surface area (Å²) < 4.78 is 0. The molecule has 2 aromatic carbocycles. The van der Waals surface area contributed by atoms with Gasteiger partial charge in [-0.3, -0.25) is 0 Å². The molecular weight excluding hydrogens is 250 g/mol. The van der Waals surface area contributed by atoms with E-state index in [1.54, 1.807) is 5.01 Å². The van der Waals surface area contributed by atoms with E-state index in [2.05, 4.69) is 40.6 Å². The Hall–Kier alpha value is -2.69. The number of anilines is 1. The van der Waals surface area contributed by atoms with Crippen LogP contribution in [0.2, 0.25) is 0 Å². The highest BCUT2D eigenvalue weighted by Crippen LogP contribution is 2.31. The van der Waals surface area contributed by atoms with Gasteiger partial charge in [0.25, 0.3) is 5.96 Å². The second kappa shape index (κ2) is 4.16. The maximum absolute atomic E-state index is 4.67. The van der Waals surface area contributed by atoms with E-state index in [0.29, 0.717) is 6.54 Å². The molecular formula is C15H13N5. The minimum absolute atomic E-state index is 0.709. The van der Waals surface area contributed by atoms with Crippen LogP contribution in [0.4, 0.5) is 11.4 Å². The SMILES string of the molecule is Cc1ccc(N2N=NN3Cc4ccccc4N=C32)cc1. The lowest BCUT2D eigenvalue weighted by Crippen LogP contribution is -2.34. The van der Waals surface area contributed by atoms with Crippen molar-refractivity contribution < 1.29 is 0 Å². The summed E-state index contributed by atoms with van der Waals surface area (Å²) in [5.41, 5.74) is 4.35. The van der Waals surface area contributed by atoms with Crippen LogP contribution in [0.1, 0.15) is 11.1 Å². The summed E-state index contributed by atoms with van der Waals surface area (Å²) in [6.07, 6.45) is 0. The molecule has 0 spiro atoms. The Kier molecular flexibility index (Phi) is 2.32. The molecule has 98 valence electrons. The molecule has 5 nitrogen and oxygen atoms in total. The maximum atomic E-state index is 4.67. The highest BCUT2D eigenvalue weighted by atomic mass is 15.8. The molecule has 0 bridgehead atoms.